The molecular weight excluding hydrogens is 347 g/mol. The number of aliphatic hydroxyl groups excluding tert-OH is 2. The number of halogens is 1. The summed E-state index contributed by atoms with van der Waals surface area (Å²) in [5.74, 6) is -0.255. The van der Waals surface area contributed by atoms with Crippen LogP contribution in [-0.4, -0.2) is 59.7 Å². The van der Waals surface area contributed by atoms with Gasteiger partial charge < -0.3 is 20.3 Å². The smallest absolute Gasteiger partial charge is 0.123 e. The summed E-state index contributed by atoms with van der Waals surface area (Å²) in [5, 5.41) is 23.4. The summed E-state index contributed by atoms with van der Waals surface area (Å²) in [7, 11) is 1.96. The van der Waals surface area contributed by atoms with Crippen molar-refractivity contribution in [1.29, 1.82) is 0 Å². The SMILES string of the molecule is CN(Cc1ccccc1)[C@H]1[C@H](O)[C@H](CO)O[C@@H]1CNCc1ccc(F)cc1. The van der Waals surface area contributed by atoms with Crippen LogP contribution in [0.25, 0.3) is 0 Å². The first kappa shape index (κ1) is 19.9. The van der Waals surface area contributed by atoms with Crippen LogP contribution in [0.1, 0.15) is 11.1 Å². The highest BCUT2D eigenvalue weighted by Gasteiger charge is 2.44. The number of ether oxygens (including phenoxy) is 1. The summed E-state index contributed by atoms with van der Waals surface area (Å²) < 4.78 is 18.9. The molecule has 146 valence electrons. The number of benzene rings is 2. The average Bonchev–Trinajstić information content (AvgIpc) is 2.99. The molecule has 3 N–H and O–H groups in total. The highest BCUT2D eigenvalue weighted by Crippen LogP contribution is 2.26. The maximum atomic E-state index is 13.0. The molecule has 1 aliphatic heterocycles. The van der Waals surface area contributed by atoms with Crippen molar-refractivity contribution in [1.82, 2.24) is 10.2 Å². The largest absolute Gasteiger partial charge is 0.394 e. The fourth-order valence-corrected chi connectivity index (χ4v) is 3.63. The summed E-state index contributed by atoms with van der Waals surface area (Å²) >= 11 is 0. The fraction of sp³-hybridized carbons (Fsp3) is 0.429. The monoisotopic (exact) mass is 374 g/mol. The predicted octanol–water partition coefficient (Wildman–Crippen LogP) is 1.54. The highest BCUT2D eigenvalue weighted by molar-refractivity contribution is 5.16. The first-order valence-corrected chi connectivity index (χ1v) is 9.22. The summed E-state index contributed by atoms with van der Waals surface area (Å²) in [6.07, 6.45) is -1.61. The van der Waals surface area contributed by atoms with Crippen molar-refractivity contribution >= 4 is 0 Å². The zero-order chi connectivity index (χ0) is 19.2. The number of likely N-dealkylation sites (N-methyl/N-ethyl adjacent to an activating group) is 1. The van der Waals surface area contributed by atoms with Gasteiger partial charge in [0, 0.05) is 19.6 Å². The van der Waals surface area contributed by atoms with E-state index in [4.69, 9.17) is 4.74 Å². The van der Waals surface area contributed by atoms with Crippen LogP contribution in [0.5, 0.6) is 0 Å². The Morgan fingerprint density at radius 2 is 1.74 bits per heavy atom. The third-order valence-electron chi connectivity index (χ3n) is 5.01. The molecule has 2 aromatic rings. The Kier molecular flexibility index (Phi) is 6.93. The lowest BCUT2D eigenvalue weighted by molar-refractivity contribution is -0.0213. The lowest BCUT2D eigenvalue weighted by Gasteiger charge is -2.30. The van der Waals surface area contributed by atoms with Gasteiger partial charge in [0.25, 0.3) is 0 Å². The molecule has 2 aromatic carbocycles. The molecule has 3 rings (SSSR count). The summed E-state index contributed by atoms with van der Waals surface area (Å²) in [5.41, 5.74) is 2.13. The topological polar surface area (TPSA) is 65.0 Å². The number of nitrogens with one attached hydrogen (secondary N) is 1. The maximum absolute atomic E-state index is 13.0. The molecule has 6 heteroatoms. The molecule has 5 nitrogen and oxygen atoms in total. The van der Waals surface area contributed by atoms with E-state index in [0.717, 1.165) is 11.1 Å². The molecule has 1 aliphatic rings. The molecule has 0 radical (unpaired) electrons. The van der Waals surface area contributed by atoms with Gasteiger partial charge in [-0.15, -0.1) is 0 Å². The molecule has 1 saturated heterocycles. The lowest BCUT2D eigenvalue weighted by atomic mass is 10.0. The molecule has 0 amide bonds. The zero-order valence-corrected chi connectivity index (χ0v) is 15.5. The molecule has 27 heavy (non-hydrogen) atoms. The third-order valence-corrected chi connectivity index (χ3v) is 5.01. The third kappa shape index (κ3) is 5.12. The van der Waals surface area contributed by atoms with Crippen molar-refractivity contribution in [2.24, 2.45) is 0 Å². The van der Waals surface area contributed by atoms with Crippen LogP contribution < -0.4 is 5.32 Å². The number of rotatable bonds is 8. The molecule has 0 spiro atoms. The van der Waals surface area contributed by atoms with Gasteiger partial charge in [0.15, 0.2) is 0 Å². The van der Waals surface area contributed by atoms with Crippen molar-refractivity contribution in [3.05, 3.63) is 71.5 Å². The van der Waals surface area contributed by atoms with Crippen LogP contribution in [0.2, 0.25) is 0 Å². The Hall–Kier alpha value is -1.83. The van der Waals surface area contributed by atoms with Crippen molar-refractivity contribution in [3.63, 3.8) is 0 Å². The number of hydrogen-bond acceptors (Lipinski definition) is 5. The van der Waals surface area contributed by atoms with Crippen LogP contribution in [0.3, 0.4) is 0 Å². The van der Waals surface area contributed by atoms with Crippen molar-refractivity contribution in [2.45, 2.75) is 37.4 Å². The molecule has 0 unspecified atom stereocenters. The van der Waals surface area contributed by atoms with Gasteiger partial charge in [-0.3, -0.25) is 4.90 Å². The Bertz CT molecular complexity index is 698. The second-order valence-electron chi connectivity index (χ2n) is 7.03. The first-order valence-electron chi connectivity index (χ1n) is 9.22. The minimum Gasteiger partial charge on any atom is -0.394 e. The predicted molar refractivity (Wildman–Crippen MR) is 102 cm³/mol. The van der Waals surface area contributed by atoms with E-state index >= 15 is 0 Å². The Morgan fingerprint density at radius 3 is 2.41 bits per heavy atom. The van der Waals surface area contributed by atoms with Crippen LogP contribution in [0.4, 0.5) is 4.39 Å². The van der Waals surface area contributed by atoms with Gasteiger partial charge in [0.05, 0.1) is 18.8 Å². The standard InChI is InChI=1S/C21H27FN2O3/c1-24(13-16-5-3-2-4-6-16)20-18(27-19(14-25)21(20)26)12-23-11-15-7-9-17(22)10-8-15/h2-10,18-21,23,25-26H,11-14H2,1H3/t18-,19+,20-,21-/m1/s1. The number of hydrogen-bond donors (Lipinski definition) is 3. The fourth-order valence-electron chi connectivity index (χ4n) is 3.63. The minimum atomic E-state index is -0.763. The molecule has 0 saturated carbocycles. The minimum absolute atomic E-state index is 0.217. The quantitative estimate of drug-likeness (QED) is 0.654. The van der Waals surface area contributed by atoms with E-state index in [1.54, 1.807) is 12.1 Å². The van der Waals surface area contributed by atoms with E-state index < -0.39 is 12.2 Å². The van der Waals surface area contributed by atoms with Gasteiger partial charge in [-0.1, -0.05) is 42.5 Å². The van der Waals surface area contributed by atoms with Crippen LogP contribution in [0, 0.1) is 5.82 Å². The molecule has 0 bridgehead atoms. The van der Waals surface area contributed by atoms with Gasteiger partial charge in [-0.05, 0) is 30.3 Å². The second-order valence-corrected chi connectivity index (χ2v) is 7.03. The van der Waals surface area contributed by atoms with E-state index in [2.05, 4.69) is 10.2 Å². The first-order chi connectivity index (χ1) is 13.1. The Labute approximate surface area is 159 Å². The molecular formula is C21H27FN2O3. The molecule has 0 aliphatic carbocycles. The van der Waals surface area contributed by atoms with Gasteiger partial charge in [0.2, 0.25) is 0 Å². The van der Waals surface area contributed by atoms with Crippen LogP contribution in [0.15, 0.2) is 54.6 Å². The molecule has 4 atom stereocenters. The van der Waals surface area contributed by atoms with E-state index in [1.807, 2.05) is 37.4 Å². The second kappa shape index (κ2) is 9.39. The van der Waals surface area contributed by atoms with E-state index in [9.17, 15) is 14.6 Å². The lowest BCUT2D eigenvalue weighted by Crippen LogP contribution is -2.48. The maximum Gasteiger partial charge on any atom is 0.123 e. The van der Waals surface area contributed by atoms with Crippen molar-refractivity contribution in [3.8, 4) is 0 Å². The van der Waals surface area contributed by atoms with Gasteiger partial charge in [0.1, 0.15) is 18.0 Å². The molecule has 0 aromatic heterocycles. The highest BCUT2D eigenvalue weighted by atomic mass is 19.1. The summed E-state index contributed by atoms with van der Waals surface area (Å²) in [6, 6.07) is 16.2. The number of aliphatic hydroxyl groups is 2. The van der Waals surface area contributed by atoms with Crippen molar-refractivity contribution in [2.75, 3.05) is 20.2 Å². The normalized spacial score (nSPS) is 25.2. The van der Waals surface area contributed by atoms with Gasteiger partial charge in [-0.2, -0.15) is 0 Å². The zero-order valence-electron chi connectivity index (χ0n) is 15.5. The molecule has 1 heterocycles. The summed E-state index contributed by atoms with van der Waals surface area (Å²) in [6.45, 7) is 1.56. The van der Waals surface area contributed by atoms with Crippen molar-refractivity contribution < 1.29 is 19.3 Å². The average molecular weight is 374 g/mol. The van der Waals surface area contributed by atoms with E-state index in [1.165, 1.54) is 12.1 Å². The van der Waals surface area contributed by atoms with Crippen LogP contribution >= 0.6 is 0 Å². The number of nitrogens with zero attached hydrogens (tertiary/aromatic N) is 1. The van der Waals surface area contributed by atoms with Gasteiger partial charge in [-0.25, -0.2) is 4.39 Å². The van der Waals surface area contributed by atoms with Crippen LogP contribution in [-0.2, 0) is 17.8 Å². The summed E-state index contributed by atoms with van der Waals surface area (Å²) in [4.78, 5) is 2.07. The Balaban J connectivity index is 1.61. The van der Waals surface area contributed by atoms with Gasteiger partial charge >= 0.3 is 0 Å². The molecule has 1 fully saturated rings. The Morgan fingerprint density at radius 1 is 1.04 bits per heavy atom. The van der Waals surface area contributed by atoms with E-state index in [-0.39, 0.29) is 24.6 Å². The van der Waals surface area contributed by atoms with E-state index in [0.29, 0.717) is 19.6 Å².